The van der Waals surface area contributed by atoms with Crippen molar-refractivity contribution in [3.8, 4) is 17.2 Å². The van der Waals surface area contributed by atoms with Crippen molar-refractivity contribution >= 4 is 5.69 Å². The fraction of sp³-hybridized carbons (Fsp3) is 0.321. The standard InChI is InChI=1S/C28H32N6O3/c1-2-33-21-23(18-29-33)20-31-13-15-32(16-14-31)26-19-30-34(24-6-4-3-5-7-24)28(36)27(26)37-17-12-22-8-10-25(35)11-9-22/h3-11,18-19,21,35H,2,12-17,20H2,1H3. The van der Waals surface area contributed by atoms with Gasteiger partial charge in [-0.3, -0.25) is 14.4 Å². The second-order valence-corrected chi connectivity index (χ2v) is 9.14. The quantitative estimate of drug-likeness (QED) is 0.378. The zero-order chi connectivity index (χ0) is 25.6. The van der Waals surface area contributed by atoms with E-state index < -0.39 is 0 Å². The molecule has 1 aliphatic rings. The molecule has 0 aliphatic carbocycles. The Morgan fingerprint density at radius 2 is 1.68 bits per heavy atom. The average Bonchev–Trinajstić information content (AvgIpc) is 3.39. The van der Waals surface area contributed by atoms with Gasteiger partial charge in [0.15, 0.2) is 0 Å². The van der Waals surface area contributed by atoms with Crippen molar-refractivity contribution in [2.24, 2.45) is 0 Å². The molecule has 2 aromatic heterocycles. The maximum Gasteiger partial charge on any atom is 0.316 e. The lowest BCUT2D eigenvalue weighted by Crippen LogP contribution is -2.46. The third kappa shape index (κ3) is 5.83. The number of nitrogens with zero attached hydrogens (tertiary/aromatic N) is 6. The summed E-state index contributed by atoms with van der Waals surface area (Å²) in [6.45, 7) is 7.42. The molecular formula is C28H32N6O3. The largest absolute Gasteiger partial charge is 0.508 e. The van der Waals surface area contributed by atoms with Crippen LogP contribution in [0.15, 0.2) is 78.0 Å². The van der Waals surface area contributed by atoms with Crippen LogP contribution >= 0.6 is 0 Å². The van der Waals surface area contributed by atoms with Crippen LogP contribution in [0, 0.1) is 0 Å². The molecule has 0 atom stereocenters. The van der Waals surface area contributed by atoms with E-state index in [-0.39, 0.29) is 11.3 Å². The Labute approximate surface area is 216 Å². The number of benzene rings is 2. The average molecular weight is 501 g/mol. The number of ether oxygens (including phenoxy) is 1. The summed E-state index contributed by atoms with van der Waals surface area (Å²) in [6.07, 6.45) is 6.39. The molecule has 2 aromatic carbocycles. The number of para-hydroxylation sites is 1. The Bertz CT molecular complexity index is 1360. The normalized spacial score (nSPS) is 14.1. The molecule has 3 heterocycles. The number of aryl methyl sites for hydroxylation is 1. The van der Waals surface area contributed by atoms with Crippen molar-refractivity contribution < 1.29 is 9.84 Å². The van der Waals surface area contributed by atoms with Gasteiger partial charge in [-0.05, 0) is 36.8 Å². The molecule has 9 nitrogen and oxygen atoms in total. The lowest BCUT2D eigenvalue weighted by molar-refractivity contribution is 0.247. The minimum atomic E-state index is -0.274. The van der Waals surface area contributed by atoms with Crippen LogP contribution in [0.4, 0.5) is 5.69 Å². The first kappa shape index (κ1) is 24.6. The molecule has 0 saturated carbocycles. The van der Waals surface area contributed by atoms with Crippen molar-refractivity contribution in [1.82, 2.24) is 24.5 Å². The summed E-state index contributed by atoms with van der Waals surface area (Å²) in [4.78, 5) is 18.1. The number of phenolic OH excluding ortho intramolecular Hbond substituents is 1. The summed E-state index contributed by atoms with van der Waals surface area (Å²) in [5, 5.41) is 18.4. The van der Waals surface area contributed by atoms with Crippen molar-refractivity contribution in [2.75, 3.05) is 37.7 Å². The van der Waals surface area contributed by atoms with E-state index in [2.05, 4.69) is 33.1 Å². The minimum Gasteiger partial charge on any atom is -0.508 e. The summed E-state index contributed by atoms with van der Waals surface area (Å²) in [5.74, 6) is 0.542. The number of hydrogen-bond donors (Lipinski definition) is 1. The molecule has 0 radical (unpaired) electrons. The SMILES string of the molecule is CCn1cc(CN2CCN(c3cnn(-c4ccccc4)c(=O)c3OCCc3ccc(O)cc3)CC2)cn1. The molecule has 0 bridgehead atoms. The first-order valence-corrected chi connectivity index (χ1v) is 12.7. The molecule has 9 heteroatoms. The van der Waals surface area contributed by atoms with Gasteiger partial charge in [-0.2, -0.15) is 14.9 Å². The molecule has 0 unspecified atom stereocenters. The molecule has 1 saturated heterocycles. The monoisotopic (exact) mass is 500 g/mol. The van der Waals surface area contributed by atoms with Gasteiger partial charge >= 0.3 is 5.56 Å². The van der Waals surface area contributed by atoms with E-state index in [0.717, 1.165) is 50.5 Å². The molecule has 1 aliphatic heterocycles. The fourth-order valence-electron chi connectivity index (χ4n) is 4.54. The van der Waals surface area contributed by atoms with Crippen LogP contribution in [-0.2, 0) is 19.5 Å². The molecule has 5 rings (SSSR count). The first-order valence-electron chi connectivity index (χ1n) is 12.7. The Morgan fingerprint density at radius 1 is 0.919 bits per heavy atom. The van der Waals surface area contributed by atoms with E-state index in [1.807, 2.05) is 53.3 Å². The van der Waals surface area contributed by atoms with Gasteiger partial charge in [-0.1, -0.05) is 30.3 Å². The molecule has 1 N–H and O–H groups in total. The molecule has 4 aromatic rings. The molecule has 37 heavy (non-hydrogen) atoms. The number of hydrogen-bond acceptors (Lipinski definition) is 7. The van der Waals surface area contributed by atoms with Crippen LogP contribution in [-0.4, -0.2) is 62.4 Å². The van der Waals surface area contributed by atoms with E-state index in [4.69, 9.17) is 4.74 Å². The van der Waals surface area contributed by atoms with Crippen molar-refractivity contribution in [3.05, 3.63) is 94.7 Å². The van der Waals surface area contributed by atoms with Crippen LogP contribution < -0.4 is 15.2 Å². The fourth-order valence-corrected chi connectivity index (χ4v) is 4.54. The Balaban J connectivity index is 1.33. The highest BCUT2D eigenvalue weighted by atomic mass is 16.5. The third-order valence-corrected chi connectivity index (χ3v) is 6.62. The van der Waals surface area contributed by atoms with Crippen LogP contribution in [0.3, 0.4) is 0 Å². The Morgan fingerprint density at radius 3 is 2.38 bits per heavy atom. The summed E-state index contributed by atoms with van der Waals surface area (Å²) in [6, 6.07) is 16.4. The minimum absolute atomic E-state index is 0.227. The maximum atomic E-state index is 13.6. The molecule has 1 fully saturated rings. The second-order valence-electron chi connectivity index (χ2n) is 9.14. The second kappa shape index (κ2) is 11.3. The number of aromatic nitrogens is 4. The predicted molar refractivity (Wildman–Crippen MR) is 143 cm³/mol. The lowest BCUT2D eigenvalue weighted by atomic mass is 10.1. The van der Waals surface area contributed by atoms with Gasteiger partial charge in [0.2, 0.25) is 5.75 Å². The van der Waals surface area contributed by atoms with Gasteiger partial charge in [0.05, 0.1) is 24.7 Å². The van der Waals surface area contributed by atoms with Gasteiger partial charge in [-0.15, -0.1) is 0 Å². The lowest BCUT2D eigenvalue weighted by Gasteiger charge is -2.36. The third-order valence-electron chi connectivity index (χ3n) is 6.62. The van der Waals surface area contributed by atoms with Crippen LogP contribution in [0.1, 0.15) is 18.1 Å². The molecule has 0 amide bonds. The van der Waals surface area contributed by atoms with Gasteiger partial charge in [0.1, 0.15) is 11.4 Å². The van der Waals surface area contributed by atoms with E-state index >= 15 is 0 Å². The molecule has 0 spiro atoms. The van der Waals surface area contributed by atoms with E-state index in [9.17, 15) is 9.90 Å². The maximum absolute atomic E-state index is 13.6. The topological polar surface area (TPSA) is 88.7 Å². The summed E-state index contributed by atoms with van der Waals surface area (Å²) in [5.41, 5.74) is 3.38. The Hall–Kier alpha value is -4.11. The van der Waals surface area contributed by atoms with Gasteiger partial charge in [0.25, 0.3) is 0 Å². The number of aromatic hydroxyl groups is 1. The van der Waals surface area contributed by atoms with Crippen molar-refractivity contribution in [2.45, 2.75) is 26.4 Å². The Kier molecular flexibility index (Phi) is 7.51. The number of anilines is 1. The molecular weight excluding hydrogens is 468 g/mol. The van der Waals surface area contributed by atoms with Crippen LogP contribution in [0.25, 0.3) is 5.69 Å². The predicted octanol–water partition coefficient (Wildman–Crippen LogP) is 3.10. The smallest absolute Gasteiger partial charge is 0.316 e. The van der Waals surface area contributed by atoms with E-state index in [1.165, 1.54) is 10.2 Å². The summed E-state index contributed by atoms with van der Waals surface area (Å²) in [7, 11) is 0. The van der Waals surface area contributed by atoms with Crippen molar-refractivity contribution in [3.63, 3.8) is 0 Å². The number of phenols is 1. The number of piperazine rings is 1. The number of rotatable bonds is 9. The van der Waals surface area contributed by atoms with E-state index in [1.54, 1.807) is 18.3 Å². The highest BCUT2D eigenvalue weighted by Crippen LogP contribution is 2.26. The zero-order valence-corrected chi connectivity index (χ0v) is 21.0. The van der Waals surface area contributed by atoms with Gasteiger partial charge in [-0.25, -0.2) is 0 Å². The highest BCUT2D eigenvalue weighted by Gasteiger charge is 2.24. The van der Waals surface area contributed by atoms with Crippen molar-refractivity contribution in [1.29, 1.82) is 0 Å². The first-order chi connectivity index (χ1) is 18.1. The van der Waals surface area contributed by atoms with Gasteiger partial charge in [0, 0.05) is 57.4 Å². The van der Waals surface area contributed by atoms with Crippen LogP contribution in [0.2, 0.25) is 0 Å². The van der Waals surface area contributed by atoms with Crippen LogP contribution in [0.5, 0.6) is 11.5 Å². The summed E-state index contributed by atoms with van der Waals surface area (Å²) < 4.78 is 9.49. The molecule has 192 valence electrons. The highest BCUT2D eigenvalue weighted by molar-refractivity contribution is 5.57. The zero-order valence-electron chi connectivity index (χ0n) is 21.0. The van der Waals surface area contributed by atoms with E-state index in [0.29, 0.717) is 24.5 Å². The van der Waals surface area contributed by atoms with Gasteiger partial charge < -0.3 is 14.7 Å². The summed E-state index contributed by atoms with van der Waals surface area (Å²) >= 11 is 0.